The summed E-state index contributed by atoms with van der Waals surface area (Å²) in [6.07, 6.45) is 10.4. The van der Waals surface area contributed by atoms with Crippen molar-refractivity contribution in [1.82, 2.24) is 15.5 Å². The summed E-state index contributed by atoms with van der Waals surface area (Å²) >= 11 is 0. The Kier molecular flexibility index (Phi) is 6.49. The molecule has 3 amide bonds. The molecule has 0 aromatic carbocycles. The Morgan fingerprint density at radius 2 is 1.52 bits per heavy atom. The summed E-state index contributed by atoms with van der Waals surface area (Å²) in [4.78, 5) is 26.3. The number of nitrogens with one attached hydrogen (secondary N) is 2. The van der Waals surface area contributed by atoms with Crippen LogP contribution in [-0.2, 0) is 4.79 Å². The first kappa shape index (κ1) is 16.3. The van der Waals surface area contributed by atoms with Gasteiger partial charge in [0.15, 0.2) is 0 Å². The lowest BCUT2D eigenvalue weighted by Gasteiger charge is -2.27. The molecule has 0 spiro atoms. The van der Waals surface area contributed by atoms with Gasteiger partial charge >= 0.3 is 6.03 Å². The van der Waals surface area contributed by atoms with Crippen LogP contribution in [0.5, 0.6) is 0 Å². The highest BCUT2D eigenvalue weighted by atomic mass is 16.2. The largest absolute Gasteiger partial charge is 0.335 e. The number of carbonyl (C=O) groups is 2. The van der Waals surface area contributed by atoms with Gasteiger partial charge in [0.25, 0.3) is 0 Å². The van der Waals surface area contributed by atoms with E-state index in [0.29, 0.717) is 0 Å². The number of urea groups is 1. The molecule has 2 fully saturated rings. The number of rotatable bonds is 3. The zero-order valence-electron chi connectivity index (χ0n) is 13.2. The molecule has 0 bridgehead atoms. The maximum atomic E-state index is 12.2. The number of likely N-dealkylation sites (tertiary alicyclic amines) is 1. The van der Waals surface area contributed by atoms with Gasteiger partial charge in [0.05, 0.1) is 6.04 Å². The molecule has 2 aliphatic rings. The van der Waals surface area contributed by atoms with E-state index in [1.807, 2.05) is 6.92 Å². The maximum absolute atomic E-state index is 12.2. The molecule has 0 aromatic heterocycles. The summed E-state index contributed by atoms with van der Waals surface area (Å²) in [6.45, 7) is 3.81. The van der Waals surface area contributed by atoms with Crippen molar-refractivity contribution in [3.05, 3.63) is 0 Å². The molecule has 1 saturated heterocycles. The van der Waals surface area contributed by atoms with E-state index < -0.39 is 0 Å². The monoisotopic (exact) mass is 295 g/mol. The molecule has 1 heterocycles. The topological polar surface area (TPSA) is 61.4 Å². The smallest absolute Gasteiger partial charge is 0.321 e. The quantitative estimate of drug-likeness (QED) is 0.840. The Balaban J connectivity index is 1.74. The first-order valence-electron chi connectivity index (χ1n) is 8.52. The predicted molar refractivity (Wildman–Crippen MR) is 83.1 cm³/mol. The lowest BCUT2D eigenvalue weighted by Crippen LogP contribution is -2.51. The van der Waals surface area contributed by atoms with E-state index in [-0.39, 0.29) is 24.0 Å². The molecule has 0 radical (unpaired) electrons. The molecular weight excluding hydrogens is 266 g/mol. The zero-order valence-corrected chi connectivity index (χ0v) is 13.2. The molecule has 1 aliphatic carbocycles. The molecule has 5 nitrogen and oxygen atoms in total. The summed E-state index contributed by atoms with van der Waals surface area (Å²) in [5, 5.41) is 5.44. The molecule has 1 unspecified atom stereocenters. The fraction of sp³-hybridized carbons (Fsp3) is 0.875. The number of nitrogens with zero attached hydrogens (tertiary/aromatic N) is 1. The van der Waals surface area contributed by atoms with Gasteiger partial charge in [-0.2, -0.15) is 0 Å². The molecule has 0 aromatic rings. The molecule has 1 atom stereocenters. The summed E-state index contributed by atoms with van der Waals surface area (Å²) in [6, 6.07) is -0.311. The van der Waals surface area contributed by atoms with E-state index in [4.69, 9.17) is 0 Å². The molecule has 2 N–H and O–H groups in total. The van der Waals surface area contributed by atoms with Gasteiger partial charge in [-0.25, -0.2) is 4.79 Å². The van der Waals surface area contributed by atoms with Crippen LogP contribution in [0, 0.1) is 0 Å². The number of hydrogen-bond acceptors (Lipinski definition) is 3. The minimum absolute atomic E-state index is 0.176. The molecule has 5 heteroatoms. The van der Waals surface area contributed by atoms with Crippen molar-refractivity contribution in [2.45, 2.75) is 76.8 Å². The van der Waals surface area contributed by atoms with Crippen LogP contribution in [-0.4, -0.2) is 42.0 Å². The third-order valence-corrected chi connectivity index (χ3v) is 4.74. The highest BCUT2D eigenvalue weighted by Crippen LogP contribution is 2.17. The minimum atomic E-state index is -0.325. The van der Waals surface area contributed by atoms with E-state index >= 15 is 0 Å². The third-order valence-electron chi connectivity index (χ3n) is 4.74. The number of hydrogen-bond donors (Lipinski definition) is 2. The number of carbonyl (C=O) groups excluding carboxylic acids is 2. The molecule has 2 rings (SSSR count). The van der Waals surface area contributed by atoms with E-state index in [0.717, 1.165) is 38.8 Å². The Morgan fingerprint density at radius 3 is 2.14 bits per heavy atom. The average molecular weight is 295 g/mol. The first-order chi connectivity index (χ1) is 10.2. The second-order valence-corrected chi connectivity index (χ2v) is 6.42. The lowest BCUT2D eigenvalue weighted by molar-refractivity contribution is -0.124. The standard InChI is InChI=1S/C16H29N3O2/c1-13(19-11-7-2-3-8-12-19)15(20)18-16(21)17-14-9-5-4-6-10-14/h13-14H,2-12H2,1H3,(H2,17,18,20,21). The SMILES string of the molecule is CC(C(=O)NC(=O)NC1CCCCC1)N1CCCCCC1. The fourth-order valence-corrected chi connectivity index (χ4v) is 3.33. The second kappa shape index (κ2) is 8.37. The van der Waals surface area contributed by atoms with Crippen molar-refractivity contribution in [2.24, 2.45) is 0 Å². The van der Waals surface area contributed by atoms with Gasteiger partial charge in [0, 0.05) is 6.04 Å². The third kappa shape index (κ3) is 5.30. The van der Waals surface area contributed by atoms with Crippen LogP contribution >= 0.6 is 0 Å². The van der Waals surface area contributed by atoms with Crippen LogP contribution in [0.1, 0.15) is 64.7 Å². The molecule has 120 valence electrons. The number of amides is 3. The Hall–Kier alpha value is -1.10. The predicted octanol–water partition coefficient (Wildman–Crippen LogP) is 2.41. The van der Waals surface area contributed by atoms with Gasteiger partial charge < -0.3 is 5.32 Å². The van der Waals surface area contributed by atoms with Gasteiger partial charge in [-0.15, -0.1) is 0 Å². The van der Waals surface area contributed by atoms with Gasteiger partial charge in [-0.1, -0.05) is 32.1 Å². The van der Waals surface area contributed by atoms with Crippen molar-refractivity contribution in [3.8, 4) is 0 Å². The van der Waals surface area contributed by atoms with E-state index in [1.165, 1.54) is 32.1 Å². The summed E-state index contributed by atoms with van der Waals surface area (Å²) in [5.41, 5.74) is 0. The van der Waals surface area contributed by atoms with Crippen molar-refractivity contribution >= 4 is 11.9 Å². The van der Waals surface area contributed by atoms with Gasteiger partial charge in [0.2, 0.25) is 5.91 Å². The average Bonchev–Trinajstić information content (AvgIpc) is 2.76. The van der Waals surface area contributed by atoms with Crippen molar-refractivity contribution < 1.29 is 9.59 Å². The normalized spacial score (nSPS) is 23.1. The van der Waals surface area contributed by atoms with Gasteiger partial charge in [-0.3, -0.25) is 15.0 Å². The van der Waals surface area contributed by atoms with Gasteiger partial charge in [0.1, 0.15) is 0 Å². The van der Waals surface area contributed by atoms with E-state index in [2.05, 4.69) is 15.5 Å². The van der Waals surface area contributed by atoms with Crippen LogP contribution in [0.15, 0.2) is 0 Å². The highest BCUT2D eigenvalue weighted by Gasteiger charge is 2.24. The highest BCUT2D eigenvalue weighted by molar-refractivity contribution is 5.96. The van der Waals surface area contributed by atoms with Crippen molar-refractivity contribution in [2.75, 3.05) is 13.1 Å². The summed E-state index contributed by atoms with van der Waals surface area (Å²) in [7, 11) is 0. The molecular formula is C16H29N3O2. The molecule has 21 heavy (non-hydrogen) atoms. The van der Waals surface area contributed by atoms with Crippen molar-refractivity contribution in [1.29, 1.82) is 0 Å². The second-order valence-electron chi connectivity index (χ2n) is 6.42. The minimum Gasteiger partial charge on any atom is -0.335 e. The van der Waals surface area contributed by atoms with Crippen molar-refractivity contribution in [3.63, 3.8) is 0 Å². The summed E-state index contributed by atoms with van der Waals surface area (Å²) < 4.78 is 0. The molecule has 1 saturated carbocycles. The van der Waals surface area contributed by atoms with Crippen LogP contribution in [0.3, 0.4) is 0 Å². The Morgan fingerprint density at radius 1 is 0.952 bits per heavy atom. The van der Waals surface area contributed by atoms with E-state index in [1.54, 1.807) is 0 Å². The number of imide groups is 1. The van der Waals surface area contributed by atoms with E-state index in [9.17, 15) is 9.59 Å². The van der Waals surface area contributed by atoms with Crippen LogP contribution < -0.4 is 10.6 Å². The fourth-order valence-electron chi connectivity index (χ4n) is 3.33. The summed E-state index contributed by atoms with van der Waals surface area (Å²) in [5.74, 6) is -0.176. The van der Waals surface area contributed by atoms with Crippen LogP contribution in [0.2, 0.25) is 0 Å². The van der Waals surface area contributed by atoms with Crippen LogP contribution in [0.4, 0.5) is 4.79 Å². The van der Waals surface area contributed by atoms with Crippen LogP contribution in [0.25, 0.3) is 0 Å². The molecule has 1 aliphatic heterocycles. The van der Waals surface area contributed by atoms with Gasteiger partial charge in [-0.05, 0) is 45.7 Å². The zero-order chi connectivity index (χ0) is 15.1. The Bertz CT molecular complexity index is 345. The lowest BCUT2D eigenvalue weighted by atomic mass is 9.96. The first-order valence-corrected chi connectivity index (χ1v) is 8.52. The Labute approximate surface area is 127 Å². The maximum Gasteiger partial charge on any atom is 0.321 e.